The number of thiophene rings is 1. The number of nitrogens with zero attached hydrogens (tertiary/aromatic N) is 1. The van der Waals surface area contributed by atoms with Crippen LogP contribution in [0.4, 0.5) is 5.00 Å². The number of benzene rings is 1. The highest BCUT2D eigenvalue weighted by Crippen LogP contribution is 2.33. The Labute approximate surface area is 180 Å². The maximum Gasteiger partial charge on any atom is 0.341 e. The second-order valence-electron chi connectivity index (χ2n) is 7.09. The summed E-state index contributed by atoms with van der Waals surface area (Å²) in [4.78, 5) is 26.0. The summed E-state index contributed by atoms with van der Waals surface area (Å²) in [7, 11) is -2.31. The molecule has 30 heavy (non-hydrogen) atoms. The van der Waals surface area contributed by atoms with Crippen molar-refractivity contribution in [1.82, 2.24) is 4.31 Å². The Morgan fingerprint density at radius 3 is 2.37 bits per heavy atom. The van der Waals surface area contributed by atoms with Crippen molar-refractivity contribution in [2.24, 2.45) is 0 Å². The van der Waals surface area contributed by atoms with Gasteiger partial charge in [-0.05, 0) is 44.9 Å². The topological polar surface area (TPSA) is 92.8 Å². The van der Waals surface area contributed by atoms with Gasteiger partial charge in [-0.1, -0.05) is 23.8 Å². The van der Waals surface area contributed by atoms with E-state index in [0.717, 1.165) is 16.0 Å². The Hall–Kier alpha value is -2.49. The van der Waals surface area contributed by atoms with E-state index in [9.17, 15) is 18.0 Å². The first-order valence-electron chi connectivity index (χ1n) is 9.40. The molecule has 3 rings (SSSR count). The predicted octanol–water partition coefficient (Wildman–Crippen LogP) is 3.42. The summed E-state index contributed by atoms with van der Waals surface area (Å²) in [5, 5.41) is 3.23. The van der Waals surface area contributed by atoms with Gasteiger partial charge in [0.05, 0.1) is 17.6 Å². The first-order chi connectivity index (χ1) is 14.1. The molecular weight excluding hydrogens is 424 g/mol. The minimum atomic E-state index is -3.61. The van der Waals surface area contributed by atoms with E-state index in [2.05, 4.69) is 5.32 Å². The van der Waals surface area contributed by atoms with Crippen LogP contribution in [-0.4, -0.2) is 44.8 Å². The van der Waals surface area contributed by atoms with Gasteiger partial charge in [0.2, 0.25) is 10.0 Å². The zero-order valence-corrected chi connectivity index (χ0v) is 18.9. The summed E-state index contributed by atoms with van der Waals surface area (Å²) in [6.07, 6.45) is 1.91. The number of sulfonamides is 1. The number of carbonyl (C=O) groups is 2. The number of aryl methyl sites for hydroxylation is 2. The van der Waals surface area contributed by atoms with Crippen LogP contribution in [0.1, 0.15) is 32.8 Å². The summed E-state index contributed by atoms with van der Waals surface area (Å²) < 4.78 is 31.8. The molecule has 1 amide bonds. The number of anilines is 1. The number of esters is 1. The van der Waals surface area contributed by atoms with Gasteiger partial charge < -0.3 is 10.1 Å². The van der Waals surface area contributed by atoms with Crippen molar-refractivity contribution in [3.8, 4) is 0 Å². The minimum absolute atomic E-state index is 0.116. The van der Waals surface area contributed by atoms with Crippen LogP contribution in [0.25, 0.3) is 0 Å². The maximum absolute atomic E-state index is 12.8. The number of amides is 1. The van der Waals surface area contributed by atoms with E-state index in [1.165, 1.54) is 22.8 Å². The smallest absolute Gasteiger partial charge is 0.341 e. The van der Waals surface area contributed by atoms with Crippen molar-refractivity contribution in [3.05, 3.63) is 57.5 Å². The predicted molar refractivity (Wildman–Crippen MR) is 116 cm³/mol. The molecule has 160 valence electrons. The van der Waals surface area contributed by atoms with Gasteiger partial charge >= 0.3 is 5.97 Å². The molecule has 1 aliphatic heterocycles. The van der Waals surface area contributed by atoms with E-state index in [1.54, 1.807) is 37.3 Å². The Balaban J connectivity index is 1.75. The summed E-state index contributed by atoms with van der Waals surface area (Å²) in [5.41, 5.74) is 2.60. The van der Waals surface area contributed by atoms with Gasteiger partial charge in [0.25, 0.3) is 5.91 Å². The van der Waals surface area contributed by atoms with Crippen LogP contribution in [0.15, 0.2) is 40.8 Å². The minimum Gasteiger partial charge on any atom is -0.465 e. The van der Waals surface area contributed by atoms with Crippen molar-refractivity contribution in [1.29, 1.82) is 0 Å². The lowest BCUT2D eigenvalue weighted by atomic mass is 10.1. The third-order valence-electron chi connectivity index (χ3n) is 5.12. The van der Waals surface area contributed by atoms with E-state index in [-0.39, 0.29) is 30.3 Å². The number of carbonyl (C=O) groups excluding carboxylic acids is 2. The van der Waals surface area contributed by atoms with Crippen LogP contribution in [0, 0.1) is 20.8 Å². The number of ether oxygens (including phenoxy) is 1. The number of rotatable bonds is 5. The molecule has 0 aliphatic carbocycles. The quantitative estimate of drug-likeness (QED) is 0.708. The van der Waals surface area contributed by atoms with Gasteiger partial charge in [0.15, 0.2) is 0 Å². The largest absolute Gasteiger partial charge is 0.465 e. The number of nitrogens with one attached hydrogen (secondary N) is 1. The monoisotopic (exact) mass is 448 g/mol. The Morgan fingerprint density at radius 1 is 1.13 bits per heavy atom. The van der Waals surface area contributed by atoms with Crippen LogP contribution in [-0.2, 0) is 19.6 Å². The number of hydrogen-bond donors (Lipinski definition) is 1. The first-order valence-corrected chi connectivity index (χ1v) is 11.7. The molecule has 2 aromatic rings. The molecule has 7 nitrogen and oxygen atoms in total. The van der Waals surface area contributed by atoms with Crippen LogP contribution >= 0.6 is 11.3 Å². The Bertz CT molecular complexity index is 1120. The van der Waals surface area contributed by atoms with Gasteiger partial charge in [-0.3, -0.25) is 4.79 Å². The standard InChI is InChI=1S/C21H24N2O5S2/c1-13-5-7-17(8-6-13)30(26,27)23-11-9-16(10-12-23)19(24)22-20-18(21(25)28-4)14(2)15(3)29-20/h5-9H,10-12H2,1-4H3,(H,22,24). The lowest BCUT2D eigenvalue weighted by Gasteiger charge is -2.25. The van der Waals surface area contributed by atoms with E-state index >= 15 is 0 Å². The normalized spacial score (nSPS) is 14.9. The average Bonchev–Trinajstić information content (AvgIpc) is 3.01. The van der Waals surface area contributed by atoms with Crippen molar-refractivity contribution in [3.63, 3.8) is 0 Å². The first kappa shape index (κ1) is 22.2. The van der Waals surface area contributed by atoms with Gasteiger partial charge in [-0.25, -0.2) is 13.2 Å². The molecule has 0 saturated carbocycles. The molecule has 1 aromatic heterocycles. The zero-order chi connectivity index (χ0) is 22.1. The SMILES string of the molecule is COC(=O)c1c(NC(=O)C2=CCN(S(=O)(=O)c3ccc(C)cc3)CC2)sc(C)c1C. The fraction of sp³-hybridized carbons (Fsp3) is 0.333. The summed E-state index contributed by atoms with van der Waals surface area (Å²) in [5.74, 6) is -0.839. The van der Waals surface area contributed by atoms with E-state index in [4.69, 9.17) is 4.74 Å². The van der Waals surface area contributed by atoms with E-state index in [1.807, 2.05) is 13.8 Å². The van der Waals surface area contributed by atoms with E-state index < -0.39 is 16.0 Å². The number of methoxy groups -OCH3 is 1. The molecule has 0 fully saturated rings. The zero-order valence-electron chi connectivity index (χ0n) is 17.3. The van der Waals surface area contributed by atoms with Gasteiger partial charge in [-0.15, -0.1) is 11.3 Å². The van der Waals surface area contributed by atoms with E-state index in [0.29, 0.717) is 16.1 Å². The van der Waals surface area contributed by atoms with Crippen molar-refractivity contribution >= 4 is 38.2 Å². The highest BCUT2D eigenvalue weighted by atomic mass is 32.2. The molecule has 1 aromatic carbocycles. The highest BCUT2D eigenvalue weighted by molar-refractivity contribution is 7.89. The highest BCUT2D eigenvalue weighted by Gasteiger charge is 2.28. The molecule has 0 bridgehead atoms. The van der Waals surface area contributed by atoms with Crippen molar-refractivity contribution in [2.45, 2.75) is 32.1 Å². The van der Waals surface area contributed by atoms with Crippen LogP contribution in [0.3, 0.4) is 0 Å². The molecule has 0 atom stereocenters. The van der Waals surface area contributed by atoms with Crippen LogP contribution < -0.4 is 5.32 Å². The second kappa shape index (κ2) is 8.71. The molecule has 1 aliphatic rings. The van der Waals surface area contributed by atoms with Crippen molar-refractivity contribution in [2.75, 3.05) is 25.5 Å². The molecule has 2 heterocycles. The molecule has 0 unspecified atom stereocenters. The van der Waals surface area contributed by atoms with Crippen molar-refractivity contribution < 1.29 is 22.7 Å². The lowest BCUT2D eigenvalue weighted by molar-refractivity contribution is -0.113. The van der Waals surface area contributed by atoms with Gasteiger partial charge in [0, 0.05) is 23.5 Å². The molecular formula is C21H24N2O5S2. The lowest BCUT2D eigenvalue weighted by Crippen LogP contribution is -2.36. The van der Waals surface area contributed by atoms with Gasteiger partial charge in [0.1, 0.15) is 5.00 Å². The number of hydrogen-bond acceptors (Lipinski definition) is 6. The molecule has 9 heteroatoms. The third kappa shape index (κ3) is 4.33. The van der Waals surface area contributed by atoms with Crippen LogP contribution in [0.2, 0.25) is 0 Å². The fourth-order valence-corrected chi connectivity index (χ4v) is 5.60. The molecule has 0 radical (unpaired) electrons. The molecule has 1 N–H and O–H groups in total. The third-order valence-corrected chi connectivity index (χ3v) is 8.13. The summed E-state index contributed by atoms with van der Waals surface area (Å²) >= 11 is 1.31. The molecule has 0 spiro atoms. The molecule has 0 saturated heterocycles. The second-order valence-corrected chi connectivity index (χ2v) is 10.3. The average molecular weight is 449 g/mol. The Kier molecular flexibility index (Phi) is 6.44. The Morgan fingerprint density at radius 2 is 1.80 bits per heavy atom. The fourth-order valence-electron chi connectivity index (χ4n) is 3.18. The summed E-state index contributed by atoms with van der Waals surface area (Å²) in [6, 6.07) is 6.70. The summed E-state index contributed by atoms with van der Waals surface area (Å²) in [6.45, 7) is 5.90. The van der Waals surface area contributed by atoms with Gasteiger partial charge in [-0.2, -0.15) is 4.31 Å². The maximum atomic E-state index is 12.8. The van der Waals surface area contributed by atoms with Crippen LogP contribution in [0.5, 0.6) is 0 Å².